The number of nitrogens with one attached hydrogen (secondary N) is 2. The highest BCUT2D eigenvalue weighted by atomic mass is 14.9. The van der Waals surface area contributed by atoms with E-state index in [-0.39, 0.29) is 0 Å². The predicted molar refractivity (Wildman–Crippen MR) is 80.4 cm³/mol. The van der Waals surface area contributed by atoms with Crippen molar-refractivity contribution in [3.8, 4) is 0 Å². The van der Waals surface area contributed by atoms with Crippen LogP contribution in [0.4, 0.5) is 5.69 Å². The Bertz CT molecular complexity index is 541. The Labute approximate surface area is 114 Å². The van der Waals surface area contributed by atoms with E-state index in [2.05, 4.69) is 46.8 Å². The van der Waals surface area contributed by atoms with Gasteiger partial charge in [0, 0.05) is 34.9 Å². The van der Waals surface area contributed by atoms with Gasteiger partial charge in [-0.1, -0.05) is 12.1 Å². The van der Waals surface area contributed by atoms with Gasteiger partial charge in [0.2, 0.25) is 0 Å². The third-order valence-electron chi connectivity index (χ3n) is 3.93. The van der Waals surface area contributed by atoms with Crippen molar-refractivity contribution in [2.75, 3.05) is 18.4 Å². The summed E-state index contributed by atoms with van der Waals surface area (Å²) in [6, 6.07) is 8.95. The Morgan fingerprint density at radius 3 is 3.21 bits per heavy atom. The van der Waals surface area contributed by atoms with E-state index in [0.29, 0.717) is 6.04 Å². The molecule has 3 heteroatoms. The van der Waals surface area contributed by atoms with Gasteiger partial charge in [-0.25, -0.2) is 0 Å². The van der Waals surface area contributed by atoms with Crippen LogP contribution < -0.4 is 10.6 Å². The highest BCUT2D eigenvalue weighted by Gasteiger charge is 2.17. The maximum Gasteiger partial charge on any atom is 0.0423 e. The number of hydrogen-bond acceptors (Lipinski definition) is 3. The summed E-state index contributed by atoms with van der Waals surface area (Å²) in [5.74, 6) is 0.819. The van der Waals surface area contributed by atoms with E-state index in [4.69, 9.17) is 0 Å². The molecule has 3 rings (SSSR count). The summed E-state index contributed by atoms with van der Waals surface area (Å²) in [7, 11) is 0. The lowest BCUT2D eigenvalue weighted by atomic mass is 9.99. The molecule has 2 heterocycles. The number of aromatic nitrogens is 1. The van der Waals surface area contributed by atoms with Crippen molar-refractivity contribution in [2.24, 2.45) is 5.92 Å². The molecular formula is C16H21N3. The van der Waals surface area contributed by atoms with Crippen LogP contribution >= 0.6 is 0 Å². The second kappa shape index (κ2) is 5.57. The Kier molecular flexibility index (Phi) is 3.65. The quantitative estimate of drug-likeness (QED) is 0.881. The second-order valence-electron chi connectivity index (χ2n) is 5.54. The molecule has 0 aliphatic carbocycles. The van der Waals surface area contributed by atoms with Crippen LogP contribution in [-0.4, -0.2) is 24.1 Å². The van der Waals surface area contributed by atoms with Crippen LogP contribution in [0.5, 0.6) is 0 Å². The molecule has 1 fully saturated rings. The van der Waals surface area contributed by atoms with Gasteiger partial charge in [0.15, 0.2) is 0 Å². The molecule has 1 aromatic heterocycles. The molecule has 2 N–H and O–H groups in total. The average Bonchev–Trinajstić information content (AvgIpc) is 2.92. The van der Waals surface area contributed by atoms with Crippen LogP contribution in [-0.2, 0) is 0 Å². The topological polar surface area (TPSA) is 37.0 Å². The molecule has 2 unspecified atom stereocenters. The first-order valence-corrected chi connectivity index (χ1v) is 7.13. The number of nitrogens with zero attached hydrogens (tertiary/aromatic N) is 1. The molecule has 1 aliphatic rings. The molecule has 19 heavy (non-hydrogen) atoms. The van der Waals surface area contributed by atoms with Gasteiger partial charge in [-0.15, -0.1) is 0 Å². The third-order valence-corrected chi connectivity index (χ3v) is 3.93. The van der Waals surface area contributed by atoms with Gasteiger partial charge in [-0.2, -0.15) is 0 Å². The van der Waals surface area contributed by atoms with Gasteiger partial charge >= 0.3 is 0 Å². The summed E-state index contributed by atoms with van der Waals surface area (Å²) in [5, 5.41) is 9.55. The number of pyridine rings is 1. The highest BCUT2D eigenvalue weighted by Crippen LogP contribution is 2.24. The van der Waals surface area contributed by atoms with Gasteiger partial charge in [0.1, 0.15) is 0 Å². The SMILES string of the molecule is CC(CC1CCNC1)Nc1cccc2cnccc12. The van der Waals surface area contributed by atoms with E-state index in [1.54, 1.807) is 0 Å². The van der Waals surface area contributed by atoms with E-state index in [0.717, 1.165) is 5.92 Å². The summed E-state index contributed by atoms with van der Waals surface area (Å²) in [6.45, 7) is 4.63. The number of fused-ring (bicyclic) bond motifs is 1. The second-order valence-corrected chi connectivity index (χ2v) is 5.54. The minimum absolute atomic E-state index is 0.503. The molecule has 1 aromatic carbocycles. The van der Waals surface area contributed by atoms with E-state index in [1.807, 2.05) is 12.4 Å². The van der Waals surface area contributed by atoms with Crippen molar-refractivity contribution in [2.45, 2.75) is 25.8 Å². The molecule has 3 nitrogen and oxygen atoms in total. The monoisotopic (exact) mass is 255 g/mol. The average molecular weight is 255 g/mol. The first-order valence-electron chi connectivity index (χ1n) is 7.13. The summed E-state index contributed by atoms with van der Waals surface area (Å²) < 4.78 is 0. The van der Waals surface area contributed by atoms with Crippen LogP contribution in [0.15, 0.2) is 36.7 Å². The minimum Gasteiger partial charge on any atom is -0.382 e. The fraction of sp³-hybridized carbons (Fsp3) is 0.438. The van der Waals surface area contributed by atoms with Crippen LogP contribution in [0.25, 0.3) is 10.8 Å². The molecule has 0 amide bonds. The molecular weight excluding hydrogens is 234 g/mol. The zero-order valence-corrected chi connectivity index (χ0v) is 11.4. The molecule has 2 aromatic rings. The number of hydrogen-bond donors (Lipinski definition) is 2. The molecule has 2 atom stereocenters. The van der Waals surface area contributed by atoms with E-state index >= 15 is 0 Å². The Morgan fingerprint density at radius 2 is 2.37 bits per heavy atom. The largest absolute Gasteiger partial charge is 0.382 e. The maximum atomic E-state index is 4.18. The van der Waals surface area contributed by atoms with Crippen LogP contribution in [0.2, 0.25) is 0 Å². The van der Waals surface area contributed by atoms with Gasteiger partial charge in [0.05, 0.1) is 0 Å². The maximum absolute atomic E-state index is 4.18. The normalized spacial score (nSPS) is 20.6. The first-order chi connectivity index (χ1) is 9.33. The molecule has 1 aliphatic heterocycles. The Balaban J connectivity index is 1.73. The number of benzene rings is 1. The number of rotatable bonds is 4. The van der Waals surface area contributed by atoms with Crippen molar-refractivity contribution in [3.05, 3.63) is 36.7 Å². The lowest BCUT2D eigenvalue weighted by Gasteiger charge is -2.19. The van der Waals surface area contributed by atoms with Gasteiger partial charge in [-0.05, 0) is 50.9 Å². The fourth-order valence-corrected chi connectivity index (χ4v) is 2.99. The van der Waals surface area contributed by atoms with Gasteiger partial charge in [-0.3, -0.25) is 4.98 Å². The Hall–Kier alpha value is -1.61. The zero-order valence-electron chi connectivity index (χ0n) is 11.4. The van der Waals surface area contributed by atoms with E-state index < -0.39 is 0 Å². The van der Waals surface area contributed by atoms with E-state index in [9.17, 15) is 0 Å². The summed E-state index contributed by atoms with van der Waals surface area (Å²) >= 11 is 0. The summed E-state index contributed by atoms with van der Waals surface area (Å²) in [4.78, 5) is 4.18. The lowest BCUT2D eigenvalue weighted by Crippen LogP contribution is -2.21. The van der Waals surface area contributed by atoms with Gasteiger partial charge in [0.25, 0.3) is 0 Å². The summed E-state index contributed by atoms with van der Waals surface area (Å²) in [5.41, 5.74) is 1.22. The van der Waals surface area contributed by atoms with Crippen LogP contribution in [0.3, 0.4) is 0 Å². The molecule has 0 bridgehead atoms. The van der Waals surface area contributed by atoms with Crippen molar-refractivity contribution < 1.29 is 0 Å². The minimum atomic E-state index is 0.503. The molecule has 0 radical (unpaired) electrons. The van der Waals surface area contributed by atoms with Gasteiger partial charge < -0.3 is 10.6 Å². The smallest absolute Gasteiger partial charge is 0.0423 e. The van der Waals surface area contributed by atoms with Crippen molar-refractivity contribution in [1.29, 1.82) is 0 Å². The zero-order chi connectivity index (χ0) is 13.1. The van der Waals surface area contributed by atoms with Crippen LogP contribution in [0, 0.1) is 5.92 Å². The fourth-order valence-electron chi connectivity index (χ4n) is 2.99. The highest BCUT2D eigenvalue weighted by molar-refractivity contribution is 5.93. The summed E-state index contributed by atoms with van der Waals surface area (Å²) in [6.07, 6.45) is 6.32. The third kappa shape index (κ3) is 2.87. The molecule has 100 valence electrons. The molecule has 0 spiro atoms. The van der Waals surface area contributed by atoms with Crippen molar-refractivity contribution in [3.63, 3.8) is 0 Å². The number of anilines is 1. The predicted octanol–water partition coefficient (Wildman–Crippen LogP) is 3.03. The molecule has 0 saturated carbocycles. The van der Waals surface area contributed by atoms with Crippen LogP contribution in [0.1, 0.15) is 19.8 Å². The van der Waals surface area contributed by atoms with Crippen molar-refractivity contribution >= 4 is 16.5 Å². The first kappa shape index (κ1) is 12.4. The van der Waals surface area contributed by atoms with Crippen molar-refractivity contribution in [1.82, 2.24) is 10.3 Å². The lowest BCUT2D eigenvalue weighted by molar-refractivity contribution is 0.497. The van der Waals surface area contributed by atoms with E-state index in [1.165, 1.54) is 42.4 Å². The molecule has 1 saturated heterocycles. The Morgan fingerprint density at radius 1 is 1.42 bits per heavy atom. The standard InChI is InChI=1S/C16H21N3/c1-12(9-13-5-7-17-10-13)19-16-4-2-3-14-11-18-8-6-15(14)16/h2-4,6,8,11-13,17,19H,5,7,9-10H2,1H3.